The van der Waals surface area contributed by atoms with Gasteiger partial charge in [0.05, 0.1) is 7.11 Å². The Morgan fingerprint density at radius 1 is 1.36 bits per heavy atom. The number of benzene rings is 1. The van der Waals surface area contributed by atoms with E-state index < -0.39 is 11.7 Å². The Balaban J connectivity index is 2.26. The van der Waals surface area contributed by atoms with Crippen LogP contribution in [0.4, 0.5) is 4.39 Å². The summed E-state index contributed by atoms with van der Waals surface area (Å²) >= 11 is 0. The van der Waals surface area contributed by atoms with Gasteiger partial charge in [-0.1, -0.05) is 6.08 Å². The number of imide groups is 1. The van der Waals surface area contributed by atoms with Gasteiger partial charge < -0.3 is 4.74 Å². The largest absolute Gasteiger partial charge is 0.496 e. The number of ether oxygens (including phenoxy) is 1. The molecule has 1 aliphatic rings. The number of hydrogen-bond donors (Lipinski definition) is 0. The fourth-order valence-electron chi connectivity index (χ4n) is 2.27. The lowest BCUT2D eigenvalue weighted by atomic mass is 10.0. The van der Waals surface area contributed by atoms with Crippen LogP contribution in [0.3, 0.4) is 0 Å². The fourth-order valence-corrected chi connectivity index (χ4v) is 2.27. The minimum absolute atomic E-state index is 0.258. The van der Waals surface area contributed by atoms with Gasteiger partial charge in [-0.05, 0) is 49.6 Å². The second kappa shape index (κ2) is 6.56. The van der Waals surface area contributed by atoms with E-state index in [-0.39, 0.29) is 11.5 Å². The van der Waals surface area contributed by atoms with Crippen molar-refractivity contribution in [1.82, 2.24) is 4.90 Å². The summed E-state index contributed by atoms with van der Waals surface area (Å²) in [6.07, 6.45) is 6.32. The Hall–Kier alpha value is -2.43. The number of nitrogens with zero attached hydrogens (tertiary/aromatic N) is 1. The number of methoxy groups -OCH3 is 1. The van der Waals surface area contributed by atoms with Crippen LogP contribution in [0.1, 0.15) is 23.1 Å². The van der Waals surface area contributed by atoms with Crippen molar-refractivity contribution in [1.29, 1.82) is 0 Å². The number of carbonyl (C=O) groups is 2. The van der Waals surface area contributed by atoms with Crippen LogP contribution in [0.25, 0.3) is 6.08 Å². The minimum Gasteiger partial charge on any atom is -0.496 e. The topological polar surface area (TPSA) is 46.6 Å². The predicted molar refractivity (Wildman–Crippen MR) is 81.9 cm³/mol. The molecule has 0 radical (unpaired) electrons. The van der Waals surface area contributed by atoms with Crippen molar-refractivity contribution < 1.29 is 18.7 Å². The van der Waals surface area contributed by atoms with Gasteiger partial charge in [-0.2, -0.15) is 0 Å². The molecule has 0 unspecified atom stereocenters. The molecule has 1 aromatic rings. The maximum Gasteiger partial charge on any atom is 0.253 e. The average Bonchev–Trinajstić information content (AvgIpc) is 2.52. The minimum atomic E-state index is -0.453. The maximum atomic E-state index is 14.2. The van der Waals surface area contributed by atoms with E-state index in [0.717, 1.165) is 10.5 Å². The average molecular weight is 303 g/mol. The van der Waals surface area contributed by atoms with E-state index in [1.165, 1.54) is 25.3 Å². The van der Waals surface area contributed by atoms with Crippen molar-refractivity contribution in [2.45, 2.75) is 20.3 Å². The van der Waals surface area contributed by atoms with Gasteiger partial charge in [0.2, 0.25) is 0 Å². The van der Waals surface area contributed by atoms with Crippen molar-refractivity contribution in [3.05, 3.63) is 46.8 Å². The van der Waals surface area contributed by atoms with Gasteiger partial charge >= 0.3 is 0 Å². The molecular formula is C17H18FNO3. The molecule has 0 saturated heterocycles. The summed E-state index contributed by atoms with van der Waals surface area (Å²) in [5.74, 6) is -0.639. The molecule has 0 aliphatic carbocycles. The van der Waals surface area contributed by atoms with Gasteiger partial charge in [-0.25, -0.2) is 4.39 Å². The van der Waals surface area contributed by atoms with Crippen LogP contribution in [0.5, 0.6) is 5.75 Å². The van der Waals surface area contributed by atoms with Crippen LogP contribution < -0.4 is 4.74 Å². The third kappa shape index (κ3) is 3.08. The standard InChI is InChI=1S/C17H18FNO3/c1-11-12(2)17(18)13(10-14(11)22-3)7-8-16(21)19-9-5-4-6-15(19)20/h4,6-8,10H,5,9H2,1-3H3/b8-7+. The lowest BCUT2D eigenvalue weighted by Gasteiger charge is -2.19. The van der Waals surface area contributed by atoms with Crippen molar-refractivity contribution in [3.8, 4) is 5.75 Å². The van der Waals surface area contributed by atoms with Crippen LogP contribution in [-0.2, 0) is 9.59 Å². The van der Waals surface area contributed by atoms with Crippen LogP contribution in [0, 0.1) is 19.7 Å². The van der Waals surface area contributed by atoms with Crippen LogP contribution in [-0.4, -0.2) is 30.4 Å². The predicted octanol–water partition coefficient (Wildman–Crippen LogP) is 2.78. The Labute approximate surface area is 128 Å². The number of amides is 2. The van der Waals surface area contributed by atoms with Crippen molar-refractivity contribution in [2.24, 2.45) is 0 Å². The highest BCUT2D eigenvalue weighted by Crippen LogP contribution is 2.27. The summed E-state index contributed by atoms with van der Waals surface area (Å²) in [7, 11) is 1.51. The zero-order chi connectivity index (χ0) is 16.3. The van der Waals surface area contributed by atoms with Gasteiger partial charge in [-0.15, -0.1) is 0 Å². The Morgan fingerprint density at radius 3 is 2.73 bits per heavy atom. The molecule has 5 heteroatoms. The normalized spacial score (nSPS) is 14.7. The zero-order valence-electron chi connectivity index (χ0n) is 12.9. The molecule has 2 amide bonds. The lowest BCUT2D eigenvalue weighted by Crippen LogP contribution is -2.37. The summed E-state index contributed by atoms with van der Waals surface area (Å²) in [5.41, 5.74) is 1.46. The van der Waals surface area contributed by atoms with Crippen LogP contribution in [0.15, 0.2) is 24.3 Å². The SMILES string of the molecule is COc1cc(/C=C/C(=O)N2CCC=CC2=O)c(F)c(C)c1C. The Kier molecular flexibility index (Phi) is 4.75. The summed E-state index contributed by atoms with van der Waals surface area (Å²) in [5, 5.41) is 0. The first-order valence-electron chi connectivity index (χ1n) is 6.99. The van der Waals surface area contributed by atoms with Gasteiger partial charge in [0.25, 0.3) is 11.8 Å². The summed E-state index contributed by atoms with van der Waals surface area (Å²) in [6, 6.07) is 1.54. The van der Waals surface area contributed by atoms with Gasteiger partial charge in [-0.3, -0.25) is 14.5 Å². The third-order valence-electron chi connectivity index (χ3n) is 3.74. The van der Waals surface area contributed by atoms with Gasteiger partial charge in [0.1, 0.15) is 11.6 Å². The van der Waals surface area contributed by atoms with E-state index in [2.05, 4.69) is 0 Å². The van der Waals surface area contributed by atoms with Crippen molar-refractivity contribution in [2.75, 3.05) is 13.7 Å². The molecule has 1 aliphatic heterocycles. The molecular weight excluding hydrogens is 285 g/mol. The second-order valence-electron chi connectivity index (χ2n) is 5.08. The van der Waals surface area contributed by atoms with Crippen molar-refractivity contribution >= 4 is 17.9 Å². The lowest BCUT2D eigenvalue weighted by molar-refractivity contribution is -0.139. The first-order valence-corrected chi connectivity index (χ1v) is 6.99. The number of rotatable bonds is 3. The van der Waals surface area contributed by atoms with E-state index in [4.69, 9.17) is 4.74 Å². The molecule has 0 spiro atoms. The number of halogens is 1. The molecule has 0 N–H and O–H groups in total. The van der Waals surface area contributed by atoms with Crippen LogP contribution >= 0.6 is 0 Å². The first-order chi connectivity index (χ1) is 10.5. The number of carbonyl (C=O) groups excluding carboxylic acids is 2. The van der Waals surface area contributed by atoms with Crippen LogP contribution in [0.2, 0.25) is 0 Å². The smallest absolute Gasteiger partial charge is 0.253 e. The zero-order valence-corrected chi connectivity index (χ0v) is 12.9. The highest BCUT2D eigenvalue weighted by Gasteiger charge is 2.19. The van der Waals surface area contributed by atoms with E-state index in [9.17, 15) is 14.0 Å². The molecule has 0 atom stereocenters. The number of hydrogen-bond acceptors (Lipinski definition) is 3. The molecule has 0 saturated carbocycles. The van der Waals surface area contributed by atoms with E-state index in [1.54, 1.807) is 26.0 Å². The van der Waals surface area contributed by atoms with Gasteiger partial charge in [0, 0.05) is 18.2 Å². The Morgan fingerprint density at radius 2 is 2.09 bits per heavy atom. The maximum absolute atomic E-state index is 14.2. The molecule has 1 aromatic carbocycles. The molecule has 4 nitrogen and oxygen atoms in total. The fraction of sp³-hybridized carbons (Fsp3) is 0.294. The quantitative estimate of drug-likeness (QED) is 0.807. The molecule has 2 rings (SSSR count). The van der Waals surface area contributed by atoms with Gasteiger partial charge in [0.15, 0.2) is 0 Å². The summed E-state index contributed by atoms with van der Waals surface area (Å²) in [4.78, 5) is 24.8. The molecule has 0 fully saturated rings. The first kappa shape index (κ1) is 15.9. The molecule has 116 valence electrons. The monoisotopic (exact) mass is 303 g/mol. The second-order valence-corrected chi connectivity index (χ2v) is 5.08. The Bertz CT molecular complexity index is 677. The summed E-state index contributed by atoms with van der Waals surface area (Å²) < 4.78 is 19.4. The van der Waals surface area contributed by atoms with Crippen molar-refractivity contribution in [3.63, 3.8) is 0 Å². The van der Waals surface area contributed by atoms with E-state index >= 15 is 0 Å². The molecule has 0 aromatic heterocycles. The molecule has 1 heterocycles. The molecule has 22 heavy (non-hydrogen) atoms. The highest BCUT2D eigenvalue weighted by molar-refractivity contribution is 6.06. The third-order valence-corrected chi connectivity index (χ3v) is 3.74. The molecule has 0 bridgehead atoms. The summed E-state index contributed by atoms with van der Waals surface area (Å²) in [6.45, 7) is 3.77. The van der Waals surface area contributed by atoms with E-state index in [0.29, 0.717) is 24.3 Å². The highest BCUT2D eigenvalue weighted by atomic mass is 19.1. The van der Waals surface area contributed by atoms with E-state index in [1.807, 2.05) is 0 Å².